The SMILES string of the molecule is COc1ccccc1C[C@@]1(C)NC(=O)N(CC(=O)N[C@H]2CCCC[C@H]2C)C1=O. The zero-order valence-electron chi connectivity index (χ0n) is 16.8. The molecule has 0 bridgehead atoms. The van der Waals surface area contributed by atoms with E-state index < -0.39 is 17.5 Å². The molecule has 1 aliphatic heterocycles. The minimum absolute atomic E-state index is 0.113. The van der Waals surface area contributed by atoms with Gasteiger partial charge < -0.3 is 15.4 Å². The summed E-state index contributed by atoms with van der Waals surface area (Å²) in [6.07, 6.45) is 4.60. The van der Waals surface area contributed by atoms with Gasteiger partial charge in [-0.05, 0) is 37.3 Å². The lowest BCUT2D eigenvalue weighted by atomic mass is 9.86. The Balaban J connectivity index is 1.66. The number of amides is 4. The molecule has 3 rings (SSSR count). The Kier molecular flexibility index (Phi) is 5.91. The van der Waals surface area contributed by atoms with E-state index in [9.17, 15) is 14.4 Å². The molecule has 1 aliphatic carbocycles. The number of imide groups is 1. The lowest BCUT2D eigenvalue weighted by Crippen LogP contribution is -2.48. The number of nitrogens with one attached hydrogen (secondary N) is 2. The minimum atomic E-state index is -1.11. The summed E-state index contributed by atoms with van der Waals surface area (Å²) in [7, 11) is 1.57. The van der Waals surface area contributed by atoms with E-state index in [4.69, 9.17) is 4.74 Å². The fraction of sp³-hybridized carbons (Fsp3) is 0.571. The van der Waals surface area contributed by atoms with Crippen LogP contribution < -0.4 is 15.4 Å². The zero-order chi connectivity index (χ0) is 20.3. The standard InChI is InChI=1S/C21H29N3O4/c1-14-8-4-6-10-16(14)22-18(25)13-24-19(26)21(2,23-20(24)27)12-15-9-5-7-11-17(15)28-3/h5,7,9,11,14,16H,4,6,8,10,12-13H2,1-3H3,(H,22,25)(H,23,27)/t14-,16+,21-/m1/s1. The maximum Gasteiger partial charge on any atom is 0.325 e. The van der Waals surface area contributed by atoms with Crippen molar-refractivity contribution < 1.29 is 19.1 Å². The van der Waals surface area contributed by atoms with Crippen LogP contribution in [0.5, 0.6) is 5.75 Å². The highest BCUT2D eigenvalue weighted by Crippen LogP contribution is 2.27. The first-order chi connectivity index (χ1) is 13.3. The lowest BCUT2D eigenvalue weighted by Gasteiger charge is -2.30. The van der Waals surface area contributed by atoms with Crippen LogP contribution in [0.4, 0.5) is 4.79 Å². The van der Waals surface area contributed by atoms with Gasteiger partial charge in [0.25, 0.3) is 5.91 Å². The average molecular weight is 387 g/mol. The summed E-state index contributed by atoms with van der Waals surface area (Å²) >= 11 is 0. The van der Waals surface area contributed by atoms with Crippen molar-refractivity contribution in [1.82, 2.24) is 15.5 Å². The van der Waals surface area contributed by atoms with Crippen molar-refractivity contribution in [2.75, 3.05) is 13.7 Å². The van der Waals surface area contributed by atoms with Crippen LogP contribution in [0.25, 0.3) is 0 Å². The molecule has 28 heavy (non-hydrogen) atoms. The highest BCUT2D eigenvalue weighted by molar-refractivity contribution is 6.09. The highest BCUT2D eigenvalue weighted by Gasteiger charge is 2.48. The van der Waals surface area contributed by atoms with Gasteiger partial charge in [0, 0.05) is 12.5 Å². The van der Waals surface area contributed by atoms with E-state index in [1.807, 2.05) is 24.3 Å². The van der Waals surface area contributed by atoms with Gasteiger partial charge in [-0.25, -0.2) is 4.79 Å². The van der Waals surface area contributed by atoms with Crippen molar-refractivity contribution in [3.63, 3.8) is 0 Å². The van der Waals surface area contributed by atoms with Crippen molar-refractivity contribution in [1.29, 1.82) is 0 Å². The van der Waals surface area contributed by atoms with Gasteiger partial charge in [0.1, 0.15) is 17.8 Å². The number of ether oxygens (including phenoxy) is 1. The van der Waals surface area contributed by atoms with Crippen LogP contribution in [-0.4, -0.2) is 48.0 Å². The van der Waals surface area contributed by atoms with Gasteiger partial charge in [-0.1, -0.05) is 38.0 Å². The first kappa shape index (κ1) is 20.2. The summed E-state index contributed by atoms with van der Waals surface area (Å²) < 4.78 is 5.35. The third-order valence-electron chi connectivity index (χ3n) is 5.84. The van der Waals surface area contributed by atoms with Crippen LogP contribution in [0.1, 0.15) is 45.1 Å². The topological polar surface area (TPSA) is 87.7 Å². The summed E-state index contributed by atoms with van der Waals surface area (Å²) in [5, 5.41) is 5.75. The summed E-state index contributed by atoms with van der Waals surface area (Å²) in [5.74, 6) is 0.393. The Bertz CT molecular complexity index is 766. The Labute approximate surface area is 165 Å². The van der Waals surface area contributed by atoms with Gasteiger partial charge in [0.05, 0.1) is 7.11 Å². The van der Waals surface area contributed by atoms with Crippen molar-refractivity contribution in [2.45, 2.75) is 57.5 Å². The summed E-state index contributed by atoms with van der Waals surface area (Å²) in [5.41, 5.74) is -0.284. The molecule has 2 fully saturated rings. The van der Waals surface area contributed by atoms with E-state index in [1.54, 1.807) is 14.0 Å². The van der Waals surface area contributed by atoms with E-state index in [0.717, 1.165) is 29.7 Å². The number of hydrogen-bond donors (Lipinski definition) is 2. The second-order valence-corrected chi connectivity index (χ2v) is 8.08. The number of urea groups is 1. The van der Waals surface area contributed by atoms with Crippen LogP contribution >= 0.6 is 0 Å². The predicted octanol–water partition coefficient (Wildman–Crippen LogP) is 2.24. The Hall–Kier alpha value is -2.57. The molecule has 0 spiro atoms. The maximum absolute atomic E-state index is 13.0. The van der Waals surface area contributed by atoms with Crippen molar-refractivity contribution in [3.8, 4) is 5.75 Å². The highest BCUT2D eigenvalue weighted by atomic mass is 16.5. The molecule has 1 heterocycles. The number of methoxy groups -OCH3 is 1. The smallest absolute Gasteiger partial charge is 0.325 e. The van der Waals surface area contributed by atoms with E-state index >= 15 is 0 Å². The van der Waals surface area contributed by atoms with Crippen molar-refractivity contribution in [2.24, 2.45) is 5.92 Å². The Morgan fingerprint density at radius 3 is 2.71 bits per heavy atom. The number of carbonyl (C=O) groups is 3. The van der Waals surface area contributed by atoms with E-state index in [2.05, 4.69) is 17.6 Å². The average Bonchev–Trinajstić information content (AvgIpc) is 2.87. The first-order valence-corrected chi connectivity index (χ1v) is 9.89. The third kappa shape index (κ3) is 4.13. The molecule has 1 saturated heterocycles. The van der Waals surface area contributed by atoms with Gasteiger partial charge in [0.15, 0.2) is 0 Å². The second kappa shape index (κ2) is 8.20. The molecule has 0 aromatic heterocycles. The molecular formula is C21H29N3O4. The number of benzene rings is 1. The number of hydrogen-bond acceptors (Lipinski definition) is 4. The summed E-state index contributed by atoms with van der Waals surface area (Å²) in [6.45, 7) is 3.55. The lowest BCUT2D eigenvalue weighted by molar-refractivity contribution is -0.134. The normalized spacial score (nSPS) is 27.5. The van der Waals surface area contributed by atoms with Gasteiger partial charge in [0.2, 0.25) is 5.91 Å². The van der Waals surface area contributed by atoms with Crippen LogP contribution in [0.3, 0.4) is 0 Å². The van der Waals surface area contributed by atoms with Crippen LogP contribution in [0, 0.1) is 5.92 Å². The molecule has 1 saturated carbocycles. The molecule has 4 amide bonds. The molecule has 0 radical (unpaired) electrons. The maximum atomic E-state index is 13.0. The molecule has 0 unspecified atom stereocenters. The fourth-order valence-corrected chi connectivity index (χ4v) is 4.17. The zero-order valence-corrected chi connectivity index (χ0v) is 16.8. The fourth-order valence-electron chi connectivity index (χ4n) is 4.17. The molecule has 2 aliphatic rings. The molecular weight excluding hydrogens is 358 g/mol. The van der Waals surface area contributed by atoms with Gasteiger partial charge >= 0.3 is 6.03 Å². The second-order valence-electron chi connectivity index (χ2n) is 8.08. The first-order valence-electron chi connectivity index (χ1n) is 9.89. The number of para-hydroxylation sites is 1. The monoisotopic (exact) mass is 387 g/mol. The molecule has 1 aromatic carbocycles. The molecule has 3 atom stereocenters. The largest absolute Gasteiger partial charge is 0.496 e. The summed E-state index contributed by atoms with van der Waals surface area (Å²) in [4.78, 5) is 38.9. The molecule has 152 valence electrons. The van der Waals surface area contributed by atoms with Gasteiger partial charge in [-0.2, -0.15) is 0 Å². The number of carbonyl (C=O) groups excluding carboxylic acids is 3. The van der Waals surface area contributed by atoms with Crippen molar-refractivity contribution in [3.05, 3.63) is 29.8 Å². The molecule has 1 aromatic rings. The number of nitrogens with zero attached hydrogens (tertiary/aromatic N) is 1. The van der Waals surface area contributed by atoms with Crippen LogP contribution in [-0.2, 0) is 16.0 Å². The van der Waals surface area contributed by atoms with Gasteiger partial charge in [-0.15, -0.1) is 0 Å². The quantitative estimate of drug-likeness (QED) is 0.733. The van der Waals surface area contributed by atoms with E-state index in [-0.39, 0.29) is 18.5 Å². The van der Waals surface area contributed by atoms with Crippen LogP contribution in [0.2, 0.25) is 0 Å². The van der Waals surface area contributed by atoms with Gasteiger partial charge in [-0.3, -0.25) is 14.5 Å². The molecule has 2 N–H and O–H groups in total. The molecule has 7 heteroatoms. The Morgan fingerprint density at radius 2 is 2.00 bits per heavy atom. The van der Waals surface area contributed by atoms with Crippen LogP contribution in [0.15, 0.2) is 24.3 Å². The third-order valence-corrected chi connectivity index (χ3v) is 5.84. The minimum Gasteiger partial charge on any atom is -0.496 e. The van der Waals surface area contributed by atoms with E-state index in [0.29, 0.717) is 18.1 Å². The van der Waals surface area contributed by atoms with E-state index in [1.165, 1.54) is 6.42 Å². The van der Waals surface area contributed by atoms with Crippen molar-refractivity contribution >= 4 is 17.8 Å². The summed E-state index contributed by atoms with van der Waals surface area (Å²) in [6, 6.07) is 6.97. The predicted molar refractivity (Wildman–Crippen MR) is 105 cm³/mol. The number of rotatable bonds is 6. The Morgan fingerprint density at radius 1 is 1.29 bits per heavy atom. The molecule has 7 nitrogen and oxygen atoms in total.